The van der Waals surface area contributed by atoms with Gasteiger partial charge in [-0.3, -0.25) is 5.43 Å². The predicted molar refractivity (Wildman–Crippen MR) is 89.3 cm³/mol. The molecule has 0 atom stereocenters. The number of anilines is 1. The van der Waals surface area contributed by atoms with E-state index in [9.17, 15) is 13.2 Å². The van der Waals surface area contributed by atoms with Crippen LogP contribution in [0.25, 0.3) is 0 Å². The highest BCUT2D eigenvalue weighted by Gasteiger charge is 2.33. The summed E-state index contributed by atoms with van der Waals surface area (Å²) < 4.78 is 38.6. The van der Waals surface area contributed by atoms with Crippen molar-refractivity contribution in [3.63, 3.8) is 0 Å². The van der Waals surface area contributed by atoms with E-state index in [1.54, 1.807) is 24.3 Å². The molecular formula is C15H10ClF3N4S. The number of terminal acetylenes is 1. The lowest BCUT2D eigenvalue weighted by molar-refractivity contribution is -0.141. The van der Waals surface area contributed by atoms with Gasteiger partial charge in [0.1, 0.15) is 0 Å². The topological polar surface area (TPSA) is 50.2 Å². The maximum Gasteiger partial charge on any atom is 0.433 e. The van der Waals surface area contributed by atoms with Gasteiger partial charge < -0.3 is 0 Å². The Labute approximate surface area is 145 Å². The van der Waals surface area contributed by atoms with Crippen molar-refractivity contribution in [2.24, 2.45) is 5.10 Å². The summed E-state index contributed by atoms with van der Waals surface area (Å²) in [5, 5.41) is 4.30. The zero-order valence-corrected chi connectivity index (χ0v) is 13.6. The molecular weight excluding hydrogens is 361 g/mol. The second kappa shape index (κ2) is 8.04. The van der Waals surface area contributed by atoms with Crippen LogP contribution >= 0.6 is 23.4 Å². The van der Waals surface area contributed by atoms with Crippen LogP contribution < -0.4 is 5.43 Å². The van der Waals surface area contributed by atoms with Gasteiger partial charge in [-0.25, -0.2) is 9.97 Å². The Kier molecular flexibility index (Phi) is 6.06. The van der Waals surface area contributed by atoms with Gasteiger partial charge in [0.15, 0.2) is 16.7 Å². The normalized spacial score (nSPS) is 11.5. The number of alkyl halides is 3. The second-order valence-corrected chi connectivity index (χ2v) is 5.72. The maximum absolute atomic E-state index is 12.9. The highest BCUT2D eigenvalue weighted by Crippen LogP contribution is 2.30. The summed E-state index contributed by atoms with van der Waals surface area (Å²) in [6, 6.07) is 7.59. The average molecular weight is 371 g/mol. The molecule has 1 aromatic heterocycles. The van der Waals surface area contributed by atoms with Crippen molar-refractivity contribution in [1.29, 1.82) is 0 Å². The number of hydrazone groups is 1. The minimum Gasteiger partial charge on any atom is -0.261 e. The molecule has 0 radical (unpaired) electrons. The fourth-order valence-corrected chi connectivity index (χ4v) is 2.30. The summed E-state index contributed by atoms with van der Waals surface area (Å²) in [7, 11) is 0. The van der Waals surface area contributed by atoms with Gasteiger partial charge in [-0.1, -0.05) is 41.4 Å². The van der Waals surface area contributed by atoms with E-state index >= 15 is 0 Å². The molecule has 0 fully saturated rings. The Morgan fingerprint density at radius 2 is 2.12 bits per heavy atom. The fraction of sp³-hybridized carbons (Fsp3) is 0.133. The summed E-state index contributed by atoms with van der Waals surface area (Å²) in [5.74, 6) is 2.37. The molecule has 1 heterocycles. The van der Waals surface area contributed by atoms with Crippen molar-refractivity contribution in [1.82, 2.24) is 9.97 Å². The van der Waals surface area contributed by atoms with Gasteiger partial charge in [0.05, 0.1) is 12.0 Å². The molecule has 0 saturated carbocycles. The van der Waals surface area contributed by atoms with E-state index in [-0.39, 0.29) is 16.7 Å². The van der Waals surface area contributed by atoms with Crippen molar-refractivity contribution in [2.45, 2.75) is 11.3 Å². The molecule has 2 aromatic rings. The van der Waals surface area contributed by atoms with Crippen molar-refractivity contribution in [3.05, 3.63) is 46.6 Å². The van der Waals surface area contributed by atoms with Crippen molar-refractivity contribution < 1.29 is 13.2 Å². The first-order valence-corrected chi connectivity index (χ1v) is 7.82. The Morgan fingerprint density at radius 3 is 2.79 bits per heavy atom. The minimum atomic E-state index is -4.60. The molecule has 124 valence electrons. The lowest BCUT2D eigenvalue weighted by Crippen LogP contribution is -2.10. The first kappa shape index (κ1) is 18.1. The van der Waals surface area contributed by atoms with E-state index in [1.165, 1.54) is 6.21 Å². The number of halogens is 4. The summed E-state index contributed by atoms with van der Waals surface area (Å²) >= 11 is 6.76. The standard InChI is InChI=1S/C15H10ClF3N4S/c1-2-6-24-14-21-12(15(17,18)19)8-13(22-14)23-20-9-10-4-3-5-11(16)7-10/h1,3-5,7-9H,6H2,(H,21,22,23)/b20-9+. The summed E-state index contributed by atoms with van der Waals surface area (Å²) in [4.78, 5) is 7.38. The summed E-state index contributed by atoms with van der Waals surface area (Å²) in [6.45, 7) is 0. The molecule has 0 aliphatic carbocycles. The van der Waals surface area contributed by atoms with Crippen LogP contribution in [0.4, 0.5) is 19.0 Å². The van der Waals surface area contributed by atoms with E-state index < -0.39 is 11.9 Å². The molecule has 0 bridgehead atoms. The van der Waals surface area contributed by atoms with Gasteiger partial charge in [-0.2, -0.15) is 18.3 Å². The number of aromatic nitrogens is 2. The first-order chi connectivity index (χ1) is 11.4. The molecule has 1 aromatic carbocycles. The molecule has 0 unspecified atom stereocenters. The summed E-state index contributed by atoms with van der Waals surface area (Å²) in [5.41, 5.74) is 2.06. The van der Waals surface area contributed by atoms with E-state index in [1.807, 2.05) is 0 Å². The third-order valence-electron chi connectivity index (χ3n) is 2.52. The average Bonchev–Trinajstić information content (AvgIpc) is 2.52. The van der Waals surface area contributed by atoms with E-state index in [0.717, 1.165) is 17.8 Å². The molecule has 0 amide bonds. The zero-order chi connectivity index (χ0) is 17.6. The molecule has 0 saturated heterocycles. The Bertz CT molecular complexity index is 787. The zero-order valence-electron chi connectivity index (χ0n) is 12.0. The van der Waals surface area contributed by atoms with Gasteiger partial charge in [0.25, 0.3) is 0 Å². The van der Waals surface area contributed by atoms with Crippen LogP contribution in [0, 0.1) is 12.3 Å². The van der Waals surface area contributed by atoms with E-state index in [4.69, 9.17) is 18.0 Å². The molecule has 24 heavy (non-hydrogen) atoms. The maximum atomic E-state index is 12.9. The first-order valence-electron chi connectivity index (χ1n) is 6.45. The largest absolute Gasteiger partial charge is 0.433 e. The molecule has 9 heteroatoms. The second-order valence-electron chi connectivity index (χ2n) is 4.34. The SMILES string of the molecule is C#CCSc1nc(N/N=C/c2cccc(Cl)c2)cc(C(F)(F)F)n1. The Morgan fingerprint density at radius 1 is 1.33 bits per heavy atom. The molecule has 0 aliphatic rings. The molecule has 4 nitrogen and oxygen atoms in total. The lowest BCUT2D eigenvalue weighted by Gasteiger charge is -2.09. The van der Waals surface area contributed by atoms with E-state index in [0.29, 0.717) is 10.6 Å². The van der Waals surface area contributed by atoms with Crippen molar-refractivity contribution >= 4 is 35.4 Å². The monoisotopic (exact) mass is 370 g/mol. The minimum absolute atomic E-state index is 0.0803. The third-order valence-corrected chi connectivity index (χ3v) is 3.51. The smallest absolute Gasteiger partial charge is 0.261 e. The highest BCUT2D eigenvalue weighted by atomic mass is 35.5. The number of nitrogens with zero attached hydrogens (tertiary/aromatic N) is 3. The summed E-state index contributed by atoms with van der Waals surface area (Å²) in [6.07, 6.45) is 1.91. The van der Waals surface area contributed by atoms with Gasteiger partial charge in [0.2, 0.25) is 0 Å². The fourth-order valence-electron chi connectivity index (χ4n) is 1.56. The van der Waals surface area contributed by atoms with Crippen LogP contribution in [0.5, 0.6) is 0 Å². The van der Waals surface area contributed by atoms with Crippen LogP contribution in [-0.2, 0) is 6.18 Å². The van der Waals surface area contributed by atoms with Gasteiger partial charge in [-0.15, -0.1) is 6.42 Å². The molecule has 1 N–H and O–H groups in total. The number of nitrogens with one attached hydrogen (secondary N) is 1. The van der Waals surface area contributed by atoms with Crippen LogP contribution in [-0.4, -0.2) is 21.9 Å². The predicted octanol–water partition coefficient (Wildman–Crippen LogP) is 4.32. The van der Waals surface area contributed by atoms with Crippen molar-refractivity contribution in [2.75, 3.05) is 11.2 Å². The van der Waals surface area contributed by atoms with Gasteiger partial charge in [0, 0.05) is 11.1 Å². The van der Waals surface area contributed by atoms with Crippen LogP contribution in [0.2, 0.25) is 5.02 Å². The third kappa shape index (κ3) is 5.44. The van der Waals surface area contributed by atoms with Crippen LogP contribution in [0.1, 0.15) is 11.3 Å². The number of benzene rings is 1. The number of hydrogen-bond donors (Lipinski definition) is 1. The number of hydrogen-bond acceptors (Lipinski definition) is 5. The Hall–Kier alpha value is -2.24. The van der Waals surface area contributed by atoms with Gasteiger partial charge >= 0.3 is 6.18 Å². The lowest BCUT2D eigenvalue weighted by atomic mass is 10.2. The van der Waals surface area contributed by atoms with Crippen molar-refractivity contribution in [3.8, 4) is 12.3 Å². The highest BCUT2D eigenvalue weighted by molar-refractivity contribution is 7.99. The number of rotatable bonds is 5. The van der Waals surface area contributed by atoms with Crippen LogP contribution in [0.15, 0.2) is 40.6 Å². The van der Waals surface area contributed by atoms with Crippen LogP contribution in [0.3, 0.4) is 0 Å². The Balaban J connectivity index is 2.20. The molecule has 0 spiro atoms. The quantitative estimate of drug-likeness (QED) is 0.280. The van der Waals surface area contributed by atoms with E-state index in [2.05, 4.69) is 26.4 Å². The molecule has 0 aliphatic heterocycles. The molecule has 2 rings (SSSR count). The number of thioether (sulfide) groups is 1. The van der Waals surface area contributed by atoms with Gasteiger partial charge in [-0.05, 0) is 17.7 Å².